The normalized spacial score (nSPS) is 13.3. The summed E-state index contributed by atoms with van der Waals surface area (Å²) in [5.74, 6) is -0.0523. The lowest BCUT2D eigenvalue weighted by Crippen LogP contribution is -2.20. The number of hydrogen-bond donors (Lipinski definition) is 2. The van der Waals surface area contributed by atoms with Crippen LogP contribution in [0.25, 0.3) is 0 Å². The molecule has 3 N–H and O–H groups in total. The third-order valence-corrected chi connectivity index (χ3v) is 3.64. The van der Waals surface area contributed by atoms with Crippen LogP contribution in [-0.2, 0) is 14.8 Å². The van der Waals surface area contributed by atoms with Crippen LogP contribution < -0.4 is 10.5 Å². The highest BCUT2D eigenvalue weighted by Crippen LogP contribution is 2.16. The number of ether oxygens (including phenoxy) is 1. The second kappa shape index (κ2) is 6.72. The minimum Gasteiger partial charge on any atom is -0.381 e. The van der Waals surface area contributed by atoms with E-state index in [1.807, 2.05) is 19.9 Å². The Kier molecular flexibility index (Phi) is 5.58. The molecule has 0 radical (unpaired) electrons. The number of nitrogens with one attached hydrogen (secondary N) is 1. The predicted molar refractivity (Wildman–Crippen MR) is 72.9 cm³/mol. The summed E-state index contributed by atoms with van der Waals surface area (Å²) in [5.41, 5.74) is 7.17. The third-order valence-electron chi connectivity index (χ3n) is 2.39. The summed E-state index contributed by atoms with van der Waals surface area (Å²) in [4.78, 5) is 0. The molecule has 0 aromatic heterocycles. The molecule has 1 aromatic rings. The van der Waals surface area contributed by atoms with Gasteiger partial charge in [0.2, 0.25) is 10.0 Å². The molecule has 1 rings (SSSR count). The van der Waals surface area contributed by atoms with Gasteiger partial charge in [-0.05, 0) is 31.5 Å². The summed E-state index contributed by atoms with van der Waals surface area (Å²) >= 11 is 0. The maximum Gasteiger partial charge on any atom is 0.234 e. The van der Waals surface area contributed by atoms with Gasteiger partial charge < -0.3 is 10.5 Å². The van der Waals surface area contributed by atoms with Crippen molar-refractivity contribution in [2.45, 2.75) is 19.9 Å². The van der Waals surface area contributed by atoms with E-state index in [4.69, 9.17) is 10.5 Å². The zero-order valence-corrected chi connectivity index (χ0v) is 11.5. The van der Waals surface area contributed by atoms with E-state index < -0.39 is 10.0 Å². The molecular weight excluding hydrogens is 252 g/mol. The Morgan fingerprint density at radius 2 is 2.17 bits per heavy atom. The van der Waals surface area contributed by atoms with E-state index >= 15 is 0 Å². The molecule has 5 nitrogen and oxygen atoms in total. The quantitative estimate of drug-likeness (QED) is 0.737. The molecule has 0 spiro atoms. The Hall–Kier alpha value is -1.11. The monoisotopic (exact) mass is 272 g/mol. The van der Waals surface area contributed by atoms with Gasteiger partial charge in [0.15, 0.2) is 0 Å². The van der Waals surface area contributed by atoms with Gasteiger partial charge in [-0.1, -0.05) is 12.1 Å². The molecule has 0 aliphatic heterocycles. The van der Waals surface area contributed by atoms with Crippen molar-refractivity contribution in [3.63, 3.8) is 0 Å². The Morgan fingerprint density at radius 3 is 2.78 bits per heavy atom. The molecule has 6 heteroatoms. The first kappa shape index (κ1) is 14.9. The molecule has 0 amide bonds. The number of nitrogens with two attached hydrogens (primary N) is 1. The molecule has 0 heterocycles. The van der Waals surface area contributed by atoms with Gasteiger partial charge in [-0.2, -0.15) is 0 Å². The zero-order chi connectivity index (χ0) is 13.6. The van der Waals surface area contributed by atoms with E-state index in [1.165, 1.54) is 0 Å². The molecule has 18 heavy (non-hydrogen) atoms. The smallest absolute Gasteiger partial charge is 0.234 e. The summed E-state index contributed by atoms with van der Waals surface area (Å²) in [5, 5.41) is 0. The Labute approximate surface area is 108 Å². The fourth-order valence-corrected chi connectivity index (χ4v) is 2.35. The first-order valence-corrected chi connectivity index (χ1v) is 7.53. The van der Waals surface area contributed by atoms with Crippen molar-refractivity contribution >= 4 is 15.7 Å². The van der Waals surface area contributed by atoms with Gasteiger partial charge in [-0.25, -0.2) is 8.42 Å². The van der Waals surface area contributed by atoms with Crippen molar-refractivity contribution in [1.29, 1.82) is 0 Å². The lowest BCUT2D eigenvalue weighted by molar-refractivity contribution is 0.163. The Balaban J connectivity index is 2.69. The van der Waals surface area contributed by atoms with E-state index in [1.54, 1.807) is 18.2 Å². The van der Waals surface area contributed by atoms with Gasteiger partial charge in [0, 0.05) is 18.3 Å². The fraction of sp³-hybridized carbons (Fsp3) is 0.500. The van der Waals surface area contributed by atoms with Crippen LogP contribution in [0.3, 0.4) is 0 Å². The maximum atomic E-state index is 11.7. The molecule has 1 aromatic carbocycles. The van der Waals surface area contributed by atoms with Crippen LogP contribution in [0.4, 0.5) is 5.69 Å². The highest BCUT2D eigenvalue weighted by Gasteiger charge is 2.10. The second-order valence-corrected chi connectivity index (χ2v) is 5.87. The average molecular weight is 272 g/mol. The summed E-state index contributed by atoms with van der Waals surface area (Å²) in [6.45, 7) is 4.38. The maximum absolute atomic E-state index is 11.7. The van der Waals surface area contributed by atoms with Crippen LogP contribution in [0.15, 0.2) is 24.3 Å². The number of hydrogen-bond acceptors (Lipinski definition) is 4. The summed E-state index contributed by atoms with van der Waals surface area (Å²) in [6, 6.07) is 6.95. The molecule has 1 unspecified atom stereocenters. The average Bonchev–Trinajstić information content (AvgIpc) is 2.28. The highest BCUT2D eigenvalue weighted by atomic mass is 32.2. The lowest BCUT2D eigenvalue weighted by Gasteiger charge is -2.11. The van der Waals surface area contributed by atoms with Crippen molar-refractivity contribution in [2.75, 3.05) is 23.7 Å². The number of benzene rings is 1. The minimum atomic E-state index is -3.37. The zero-order valence-electron chi connectivity index (χ0n) is 10.7. The molecule has 0 fully saturated rings. The number of anilines is 1. The second-order valence-electron chi connectivity index (χ2n) is 4.03. The molecule has 0 saturated carbocycles. The van der Waals surface area contributed by atoms with Gasteiger partial charge >= 0.3 is 0 Å². The van der Waals surface area contributed by atoms with Gasteiger partial charge in [-0.3, -0.25) is 4.72 Å². The summed E-state index contributed by atoms with van der Waals surface area (Å²) in [7, 11) is -3.37. The molecule has 0 aliphatic rings. The summed E-state index contributed by atoms with van der Waals surface area (Å²) < 4.78 is 31.0. The van der Waals surface area contributed by atoms with Gasteiger partial charge in [-0.15, -0.1) is 0 Å². The minimum absolute atomic E-state index is 0.0523. The molecule has 1 atom stereocenters. The van der Waals surface area contributed by atoms with Crippen molar-refractivity contribution in [2.24, 2.45) is 5.73 Å². The van der Waals surface area contributed by atoms with Gasteiger partial charge in [0.05, 0.1) is 12.4 Å². The lowest BCUT2D eigenvalue weighted by atomic mass is 10.1. The summed E-state index contributed by atoms with van der Waals surface area (Å²) in [6.07, 6.45) is 0. The molecule has 102 valence electrons. The first-order chi connectivity index (χ1) is 8.44. The van der Waals surface area contributed by atoms with Crippen LogP contribution >= 0.6 is 0 Å². The van der Waals surface area contributed by atoms with Crippen molar-refractivity contribution in [3.05, 3.63) is 29.8 Å². The molecular formula is C12H20N2O3S. The molecule has 0 bridgehead atoms. The Bertz CT molecular complexity index is 472. The molecule has 0 saturated heterocycles. The standard InChI is InChI=1S/C12H20N2O3S/c1-3-17-7-8-18(15,16)14-12-6-4-5-11(9-12)10(2)13/h4-6,9-10,14H,3,7-8,13H2,1-2H3. The van der Waals surface area contributed by atoms with E-state index in [9.17, 15) is 8.42 Å². The number of sulfonamides is 1. The first-order valence-electron chi connectivity index (χ1n) is 5.88. The topological polar surface area (TPSA) is 81.4 Å². The van der Waals surface area contributed by atoms with Gasteiger partial charge in [0.25, 0.3) is 0 Å². The molecule has 0 aliphatic carbocycles. The van der Waals surface area contributed by atoms with Crippen molar-refractivity contribution < 1.29 is 13.2 Å². The van der Waals surface area contributed by atoms with Crippen LogP contribution in [-0.4, -0.2) is 27.4 Å². The Morgan fingerprint density at radius 1 is 1.44 bits per heavy atom. The SMILES string of the molecule is CCOCCS(=O)(=O)Nc1cccc(C(C)N)c1. The third kappa shape index (κ3) is 5.03. The van der Waals surface area contributed by atoms with E-state index in [0.29, 0.717) is 12.3 Å². The fourth-order valence-electron chi connectivity index (χ4n) is 1.43. The predicted octanol–water partition coefficient (Wildman–Crippen LogP) is 1.48. The van der Waals surface area contributed by atoms with Crippen molar-refractivity contribution in [1.82, 2.24) is 0 Å². The van der Waals surface area contributed by atoms with Crippen LogP contribution in [0, 0.1) is 0 Å². The largest absolute Gasteiger partial charge is 0.381 e. The van der Waals surface area contributed by atoms with E-state index in [0.717, 1.165) is 5.56 Å². The van der Waals surface area contributed by atoms with Crippen molar-refractivity contribution in [3.8, 4) is 0 Å². The van der Waals surface area contributed by atoms with Crippen LogP contribution in [0.5, 0.6) is 0 Å². The van der Waals surface area contributed by atoms with Crippen LogP contribution in [0.1, 0.15) is 25.5 Å². The van der Waals surface area contributed by atoms with Gasteiger partial charge in [0.1, 0.15) is 0 Å². The van der Waals surface area contributed by atoms with E-state index in [2.05, 4.69) is 4.72 Å². The highest BCUT2D eigenvalue weighted by molar-refractivity contribution is 7.92. The van der Waals surface area contributed by atoms with Crippen LogP contribution in [0.2, 0.25) is 0 Å². The van der Waals surface area contributed by atoms with E-state index in [-0.39, 0.29) is 18.4 Å². The number of rotatable bonds is 7.